The van der Waals surface area contributed by atoms with Gasteiger partial charge in [-0.3, -0.25) is 4.90 Å². The van der Waals surface area contributed by atoms with E-state index in [1.807, 2.05) is 0 Å². The molecule has 0 heterocycles. The fourth-order valence-electron chi connectivity index (χ4n) is 1.71. The minimum atomic E-state index is 0.629. The first kappa shape index (κ1) is 13.2. The zero-order valence-corrected chi connectivity index (χ0v) is 10.5. The summed E-state index contributed by atoms with van der Waals surface area (Å²) in [5.74, 6) is 0.629. The largest absolute Gasteiger partial charge is 0.330 e. The van der Waals surface area contributed by atoms with E-state index in [-0.39, 0.29) is 0 Å². The minimum Gasteiger partial charge on any atom is -0.330 e. The highest BCUT2D eigenvalue weighted by molar-refractivity contribution is 5.14. The summed E-state index contributed by atoms with van der Waals surface area (Å²) in [6.07, 6.45) is 1.19. The van der Waals surface area contributed by atoms with E-state index < -0.39 is 0 Å². The zero-order valence-electron chi connectivity index (χ0n) is 10.5. The van der Waals surface area contributed by atoms with Crippen molar-refractivity contribution in [3.63, 3.8) is 0 Å². The van der Waals surface area contributed by atoms with Crippen LogP contribution in [0.2, 0.25) is 0 Å². The van der Waals surface area contributed by atoms with E-state index in [2.05, 4.69) is 49.1 Å². The Labute approximate surface area is 99.5 Å². The summed E-state index contributed by atoms with van der Waals surface area (Å²) in [6.45, 7) is 8.53. The Morgan fingerprint density at radius 1 is 1.25 bits per heavy atom. The normalized spacial score (nSPS) is 13.0. The molecule has 0 radical (unpaired) electrons. The summed E-state index contributed by atoms with van der Waals surface area (Å²) in [5, 5.41) is 0. The van der Waals surface area contributed by atoms with Crippen LogP contribution in [0.25, 0.3) is 0 Å². The fraction of sp³-hybridized carbons (Fsp3) is 0.571. The molecule has 1 atom stereocenters. The van der Waals surface area contributed by atoms with Crippen LogP contribution in [0, 0.1) is 5.92 Å². The summed E-state index contributed by atoms with van der Waals surface area (Å²) >= 11 is 0. The molecule has 2 nitrogen and oxygen atoms in total. The number of hydrogen-bond acceptors (Lipinski definition) is 2. The molecule has 16 heavy (non-hydrogen) atoms. The lowest BCUT2D eigenvalue weighted by molar-refractivity contribution is 0.260. The van der Waals surface area contributed by atoms with Gasteiger partial charge in [0.05, 0.1) is 0 Å². The molecule has 0 aliphatic carbocycles. The smallest absolute Gasteiger partial charge is 0.0233 e. The maximum atomic E-state index is 5.63. The lowest BCUT2D eigenvalue weighted by Gasteiger charge is -2.22. The Hall–Kier alpha value is -0.860. The van der Waals surface area contributed by atoms with E-state index in [1.54, 1.807) is 0 Å². The summed E-state index contributed by atoms with van der Waals surface area (Å²) in [6, 6.07) is 10.7. The van der Waals surface area contributed by atoms with Gasteiger partial charge in [-0.25, -0.2) is 0 Å². The lowest BCUT2D eigenvalue weighted by atomic mass is 10.1. The molecule has 0 aromatic heterocycles. The van der Waals surface area contributed by atoms with E-state index in [0.29, 0.717) is 5.92 Å². The van der Waals surface area contributed by atoms with Crippen LogP contribution in [0.1, 0.15) is 25.8 Å². The summed E-state index contributed by atoms with van der Waals surface area (Å²) in [5.41, 5.74) is 7.03. The van der Waals surface area contributed by atoms with Crippen LogP contribution >= 0.6 is 0 Å². The van der Waals surface area contributed by atoms with Crippen LogP contribution < -0.4 is 5.73 Å². The quantitative estimate of drug-likeness (QED) is 0.765. The molecule has 0 fully saturated rings. The monoisotopic (exact) mass is 220 g/mol. The fourth-order valence-corrected chi connectivity index (χ4v) is 1.71. The molecule has 1 rings (SSSR count). The van der Waals surface area contributed by atoms with Crippen LogP contribution in [0.4, 0.5) is 0 Å². The van der Waals surface area contributed by atoms with Crippen LogP contribution in [0.15, 0.2) is 30.3 Å². The highest BCUT2D eigenvalue weighted by Crippen LogP contribution is 2.07. The van der Waals surface area contributed by atoms with Gasteiger partial charge in [0, 0.05) is 6.54 Å². The molecule has 0 bridgehead atoms. The van der Waals surface area contributed by atoms with E-state index in [4.69, 9.17) is 5.73 Å². The Morgan fingerprint density at radius 3 is 2.50 bits per heavy atom. The Bertz CT molecular complexity index is 271. The van der Waals surface area contributed by atoms with E-state index in [0.717, 1.165) is 26.2 Å². The molecule has 0 saturated heterocycles. The van der Waals surface area contributed by atoms with Gasteiger partial charge in [0.15, 0.2) is 0 Å². The maximum absolute atomic E-state index is 5.63. The highest BCUT2D eigenvalue weighted by atomic mass is 15.1. The van der Waals surface area contributed by atoms with E-state index in [9.17, 15) is 0 Å². The third-order valence-corrected chi connectivity index (χ3v) is 3.04. The average Bonchev–Trinajstić information content (AvgIpc) is 2.35. The second-order valence-electron chi connectivity index (χ2n) is 4.48. The molecule has 1 aromatic carbocycles. The maximum Gasteiger partial charge on any atom is 0.0233 e. The van der Waals surface area contributed by atoms with Crippen molar-refractivity contribution < 1.29 is 0 Å². The molecular formula is C14H24N2. The molecular weight excluding hydrogens is 196 g/mol. The third kappa shape index (κ3) is 4.77. The van der Waals surface area contributed by atoms with Crippen molar-refractivity contribution >= 4 is 0 Å². The predicted molar refractivity (Wildman–Crippen MR) is 70.2 cm³/mol. The molecule has 1 unspecified atom stereocenters. The van der Waals surface area contributed by atoms with E-state index in [1.165, 1.54) is 12.0 Å². The third-order valence-electron chi connectivity index (χ3n) is 3.04. The van der Waals surface area contributed by atoms with Crippen LogP contribution in [0.3, 0.4) is 0 Å². The molecule has 2 N–H and O–H groups in total. The Morgan fingerprint density at radius 2 is 1.94 bits per heavy atom. The summed E-state index contributed by atoms with van der Waals surface area (Å²) in [7, 11) is 0. The van der Waals surface area contributed by atoms with Crippen molar-refractivity contribution in [3.05, 3.63) is 35.9 Å². The number of benzene rings is 1. The average molecular weight is 220 g/mol. The number of rotatable bonds is 7. The molecule has 2 heteroatoms. The summed E-state index contributed by atoms with van der Waals surface area (Å²) in [4.78, 5) is 2.47. The molecule has 0 spiro atoms. The van der Waals surface area contributed by atoms with Crippen LogP contribution in [-0.4, -0.2) is 24.5 Å². The first-order valence-electron chi connectivity index (χ1n) is 6.22. The van der Waals surface area contributed by atoms with Gasteiger partial charge in [-0.05, 0) is 37.5 Å². The van der Waals surface area contributed by atoms with Crippen molar-refractivity contribution in [2.75, 3.05) is 19.6 Å². The van der Waals surface area contributed by atoms with Crippen molar-refractivity contribution in [1.29, 1.82) is 0 Å². The van der Waals surface area contributed by atoms with Crippen LogP contribution in [-0.2, 0) is 6.54 Å². The molecule has 0 saturated carbocycles. The second kappa shape index (κ2) is 7.42. The molecule has 1 aromatic rings. The Kier molecular flexibility index (Phi) is 6.12. The highest BCUT2D eigenvalue weighted by Gasteiger charge is 2.05. The molecule has 0 aliphatic heterocycles. The van der Waals surface area contributed by atoms with Gasteiger partial charge in [-0.15, -0.1) is 0 Å². The molecule has 90 valence electrons. The van der Waals surface area contributed by atoms with Gasteiger partial charge < -0.3 is 5.73 Å². The SMILES string of the molecule is CCN(CCC(C)CN)Cc1ccccc1. The first-order chi connectivity index (χ1) is 7.76. The first-order valence-corrected chi connectivity index (χ1v) is 6.22. The van der Waals surface area contributed by atoms with Gasteiger partial charge in [-0.1, -0.05) is 44.2 Å². The standard InChI is InChI=1S/C14H24N2/c1-3-16(10-9-13(2)11-15)12-14-7-5-4-6-8-14/h4-8,13H,3,9-12,15H2,1-2H3. The summed E-state index contributed by atoms with van der Waals surface area (Å²) < 4.78 is 0. The van der Waals surface area contributed by atoms with E-state index >= 15 is 0 Å². The second-order valence-corrected chi connectivity index (χ2v) is 4.48. The number of nitrogens with zero attached hydrogens (tertiary/aromatic N) is 1. The van der Waals surface area contributed by atoms with Crippen molar-refractivity contribution in [2.24, 2.45) is 11.7 Å². The van der Waals surface area contributed by atoms with Gasteiger partial charge in [-0.2, -0.15) is 0 Å². The molecule has 0 aliphatic rings. The Balaban J connectivity index is 2.37. The zero-order chi connectivity index (χ0) is 11.8. The van der Waals surface area contributed by atoms with Gasteiger partial charge in [0.2, 0.25) is 0 Å². The van der Waals surface area contributed by atoms with Crippen molar-refractivity contribution in [2.45, 2.75) is 26.8 Å². The molecule has 0 amide bonds. The number of nitrogens with two attached hydrogens (primary N) is 1. The van der Waals surface area contributed by atoms with Gasteiger partial charge >= 0.3 is 0 Å². The van der Waals surface area contributed by atoms with Gasteiger partial charge in [0.25, 0.3) is 0 Å². The number of hydrogen-bond donors (Lipinski definition) is 1. The van der Waals surface area contributed by atoms with Crippen molar-refractivity contribution in [3.8, 4) is 0 Å². The predicted octanol–water partition coefficient (Wildman–Crippen LogP) is 2.49. The van der Waals surface area contributed by atoms with Crippen molar-refractivity contribution in [1.82, 2.24) is 4.90 Å². The minimum absolute atomic E-state index is 0.629. The topological polar surface area (TPSA) is 29.3 Å². The van der Waals surface area contributed by atoms with Crippen LogP contribution in [0.5, 0.6) is 0 Å². The van der Waals surface area contributed by atoms with Gasteiger partial charge in [0.1, 0.15) is 0 Å². The lowest BCUT2D eigenvalue weighted by Crippen LogP contribution is -2.26.